The van der Waals surface area contributed by atoms with Crippen LogP contribution in [0.15, 0.2) is 59.4 Å². The number of rotatable bonds is 6. The molecule has 1 N–H and O–H groups in total. The van der Waals surface area contributed by atoms with Crippen LogP contribution in [0, 0.1) is 5.82 Å². The van der Waals surface area contributed by atoms with E-state index < -0.39 is 23.4 Å². The highest BCUT2D eigenvalue weighted by atomic mass is 35.5. The average molecular weight is 418 g/mol. The van der Waals surface area contributed by atoms with E-state index in [9.17, 15) is 14.0 Å². The fourth-order valence-corrected chi connectivity index (χ4v) is 2.70. The highest BCUT2D eigenvalue weighted by Crippen LogP contribution is 2.27. The van der Waals surface area contributed by atoms with Crippen LogP contribution in [0.4, 0.5) is 10.1 Å². The number of carbonyl (C=O) groups excluding carboxylic acids is 1. The molecule has 0 radical (unpaired) electrons. The summed E-state index contributed by atoms with van der Waals surface area (Å²) in [6.07, 6.45) is -0.914. The standard InChI is InChI=1S/C20H17ClFN3O4/c1-12(20(27)23-14-5-8-17(28-2)16(21)11-14)29-18-9-10-19(26)25(24-18)15-6-3-13(22)4-7-15/h3-12H,1-2H3,(H,23,27)/t12-/m0/s1. The summed E-state index contributed by atoms with van der Waals surface area (Å²) in [6, 6.07) is 12.7. The van der Waals surface area contributed by atoms with Crippen LogP contribution in [0.3, 0.4) is 0 Å². The molecule has 0 unspecified atom stereocenters. The van der Waals surface area contributed by atoms with Gasteiger partial charge in [0.2, 0.25) is 5.88 Å². The number of amides is 1. The van der Waals surface area contributed by atoms with Gasteiger partial charge >= 0.3 is 0 Å². The van der Waals surface area contributed by atoms with Crippen LogP contribution in [-0.2, 0) is 4.79 Å². The van der Waals surface area contributed by atoms with Gasteiger partial charge in [-0.05, 0) is 49.4 Å². The van der Waals surface area contributed by atoms with Crippen LogP contribution in [-0.4, -0.2) is 28.9 Å². The third-order valence-corrected chi connectivity index (χ3v) is 4.23. The van der Waals surface area contributed by atoms with Gasteiger partial charge in [0, 0.05) is 17.8 Å². The van der Waals surface area contributed by atoms with Crippen molar-refractivity contribution < 1.29 is 18.7 Å². The first kappa shape index (κ1) is 20.3. The molecule has 0 fully saturated rings. The Bertz CT molecular complexity index is 1090. The molecule has 3 aromatic rings. The minimum absolute atomic E-state index is 0.0596. The first-order valence-electron chi connectivity index (χ1n) is 8.55. The second kappa shape index (κ2) is 8.74. The number of aromatic nitrogens is 2. The number of hydrogen-bond acceptors (Lipinski definition) is 5. The van der Waals surface area contributed by atoms with E-state index in [1.54, 1.807) is 18.2 Å². The molecule has 29 heavy (non-hydrogen) atoms. The largest absolute Gasteiger partial charge is 0.495 e. The number of nitrogens with one attached hydrogen (secondary N) is 1. The molecule has 0 aliphatic heterocycles. The van der Waals surface area contributed by atoms with Crippen LogP contribution in [0.2, 0.25) is 5.02 Å². The SMILES string of the molecule is COc1ccc(NC(=O)[C@H](C)Oc2ccc(=O)n(-c3ccc(F)cc3)n2)cc1Cl. The molecule has 0 aliphatic carbocycles. The first-order valence-corrected chi connectivity index (χ1v) is 8.92. The van der Waals surface area contributed by atoms with E-state index in [4.69, 9.17) is 21.1 Å². The molecule has 0 aliphatic rings. The summed E-state index contributed by atoms with van der Waals surface area (Å²) in [7, 11) is 1.49. The van der Waals surface area contributed by atoms with Crippen LogP contribution >= 0.6 is 11.6 Å². The third-order valence-electron chi connectivity index (χ3n) is 3.93. The highest BCUT2D eigenvalue weighted by Gasteiger charge is 2.17. The number of halogens is 2. The monoisotopic (exact) mass is 417 g/mol. The van der Waals surface area contributed by atoms with Crippen molar-refractivity contribution in [3.8, 4) is 17.3 Å². The molecule has 2 aromatic carbocycles. The van der Waals surface area contributed by atoms with Crippen molar-refractivity contribution in [2.24, 2.45) is 0 Å². The Labute approximate surface area is 170 Å². The topological polar surface area (TPSA) is 82.5 Å². The second-order valence-electron chi connectivity index (χ2n) is 6.00. The zero-order chi connectivity index (χ0) is 21.0. The second-order valence-corrected chi connectivity index (χ2v) is 6.40. The Hall–Kier alpha value is -3.39. The number of anilines is 1. The normalized spacial score (nSPS) is 11.6. The predicted molar refractivity (Wildman–Crippen MR) is 107 cm³/mol. The van der Waals surface area contributed by atoms with Crippen molar-refractivity contribution in [1.82, 2.24) is 9.78 Å². The lowest BCUT2D eigenvalue weighted by Crippen LogP contribution is -2.31. The van der Waals surface area contributed by atoms with Gasteiger partial charge in [-0.15, -0.1) is 5.10 Å². The molecule has 0 bridgehead atoms. The van der Waals surface area contributed by atoms with E-state index in [0.717, 1.165) is 4.68 Å². The Balaban J connectivity index is 1.73. The Morgan fingerprint density at radius 3 is 2.55 bits per heavy atom. The van der Waals surface area contributed by atoms with E-state index >= 15 is 0 Å². The summed E-state index contributed by atoms with van der Waals surface area (Å²) in [5.41, 5.74) is 0.418. The molecule has 3 rings (SSSR count). The molecule has 7 nitrogen and oxygen atoms in total. The van der Waals surface area contributed by atoms with Gasteiger partial charge in [0.1, 0.15) is 11.6 Å². The number of benzene rings is 2. The van der Waals surface area contributed by atoms with Gasteiger partial charge in [-0.25, -0.2) is 4.39 Å². The van der Waals surface area contributed by atoms with Crippen molar-refractivity contribution in [2.75, 3.05) is 12.4 Å². The van der Waals surface area contributed by atoms with Crippen LogP contribution in [0.5, 0.6) is 11.6 Å². The van der Waals surface area contributed by atoms with E-state index in [2.05, 4.69) is 10.4 Å². The van der Waals surface area contributed by atoms with E-state index in [1.807, 2.05) is 0 Å². The van der Waals surface area contributed by atoms with Gasteiger partial charge in [-0.1, -0.05) is 11.6 Å². The molecule has 0 saturated heterocycles. The lowest BCUT2D eigenvalue weighted by atomic mass is 10.3. The lowest BCUT2D eigenvalue weighted by molar-refractivity contribution is -0.122. The molecule has 0 spiro atoms. The maximum Gasteiger partial charge on any atom is 0.271 e. The van der Waals surface area contributed by atoms with E-state index in [0.29, 0.717) is 22.1 Å². The summed E-state index contributed by atoms with van der Waals surface area (Å²) in [4.78, 5) is 24.4. The van der Waals surface area contributed by atoms with Gasteiger partial charge in [-0.2, -0.15) is 4.68 Å². The smallest absolute Gasteiger partial charge is 0.271 e. The summed E-state index contributed by atoms with van der Waals surface area (Å²) < 4.78 is 24.8. The predicted octanol–water partition coefficient (Wildman–Crippen LogP) is 3.44. The van der Waals surface area contributed by atoms with Gasteiger partial charge < -0.3 is 14.8 Å². The first-order chi connectivity index (χ1) is 13.9. The zero-order valence-corrected chi connectivity index (χ0v) is 16.3. The maximum absolute atomic E-state index is 13.1. The molecular formula is C20H17ClFN3O4. The number of carbonyl (C=O) groups is 1. The fourth-order valence-electron chi connectivity index (χ4n) is 2.45. The summed E-state index contributed by atoms with van der Waals surface area (Å²) >= 11 is 6.05. The fraction of sp³-hybridized carbons (Fsp3) is 0.150. The van der Waals surface area contributed by atoms with Gasteiger partial charge in [0.05, 0.1) is 17.8 Å². The number of methoxy groups -OCH3 is 1. The van der Waals surface area contributed by atoms with E-state index in [-0.39, 0.29) is 5.88 Å². The van der Waals surface area contributed by atoms with Crippen LogP contribution < -0.4 is 20.3 Å². The quantitative estimate of drug-likeness (QED) is 0.664. The molecule has 1 amide bonds. The summed E-state index contributed by atoms with van der Waals surface area (Å²) in [5, 5.41) is 7.11. The summed E-state index contributed by atoms with van der Waals surface area (Å²) in [5.74, 6) is -0.323. The van der Waals surface area contributed by atoms with Gasteiger partial charge in [0.25, 0.3) is 11.5 Å². The van der Waals surface area contributed by atoms with E-state index in [1.165, 1.54) is 50.4 Å². The van der Waals surface area contributed by atoms with Crippen LogP contribution in [0.1, 0.15) is 6.92 Å². The highest BCUT2D eigenvalue weighted by molar-refractivity contribution is 6.32. The maximum atomic E-state index is 13.1. The van der Waals surface area contributed by atoms with Crippen LogP contribution in [0.25, 0.3) is 5.69 Å². The van der Waals surface area contributed by atoms with Crippen molar-refractivity contribution >= 4 is 23.2 Å². The average Bonchev–Trinajstić information content (AvgIpc) is 2.70. The van der Waals surface area contributed by atoms with Crippen molar-refractivity contribution in [3.05, 3.63) is 75.8 Å². The van der Waals surface area contributed by atoms with Gasteiger partial charge in [-0.3, -0.25) is 9.59 Å². The molecular weight excluding hydrogens is 401 g/mol. The Morgan fingerprint density at radius 2 is 1.90 bits per heavy atom. The number of hydrogen-bond donors (Lipinski definition) is 1. The minimum atomic E-state index is -0.914. The van der Waals surface area contributed by atoms with Crippen molar-refractivity contribution in [2.45, 2.75) is 13.0 Å². The number of ether oxygens (including phenoxy) is 2. The lowest BCUT2D eigenvalue weighted by Gasteiger charge is -2.15. The molecule has 1 atom stereocenters. The van der Waals surface area contributed by atoms with Crippen molar-refractivity contribution in [1.29, 1.82) is 0 Å². The van der Waals surface area contributed by atoms with Gasteiger partial charge in [0.15, 0.2) is 6.10 Å². The molecule has 9 heteroatoms. The molecule has 1 heterocycles. The Morgan fingerprint density at radius 1 is 1.17 bits per heavy atom. The Kier molecular flexibility index (Phi) is 6.13. The minimum Gasteiger partial charge on any atom is -0.495 e. The van der Waals surface area contributed by atoms with Crippen molar-refractivity contribution in [3.63, 3.8) is 0 Å². The molecule has 1 aromatic heterocycles. The zero-order valence-electron chi connectivity index (χ0n) is 15.6. The number of nitrogens with zero attached hydrogens (tertiary/aromatic N) is 2. The third kappa shape index (κ3) is 4.91. The molecule has 0 saturated carbocycles. The summed E-state index contributed by atoms with van der Waals surface area (Å²) in [6.45, 7) is 1.54. The molecule has 150 valence electrons.